The number of alkyl halides is 1. The Morgan fingerprint density at radius 1 is 0.205 bits per heavy atom. The maximum Gasteiger partial charge on any atom is 0.00313 e. The molecule has 2 heteroatoms. The summed E-state index contributed by atoms with van der Waals surface area (Å²) in [5.74, 6) is 1.07. The summed E-state index contributed by atoms with van der Waals surface area (Å²) in [6, 6.07) is 0. The molecule has 0 saturated heterocycles. The van der Waals surface area contributed by atoms with E-state index in [9.17, 15) is 0 Å². The van der Waals surface area contributed by atoms with E-state index in [1.807, 2.05) is 0 Å². The first-order chi connectivity index (χ1) is 19.4. The Morgan fingerprint density at radius 3 is 0.462 bits per heavy atom. The summed E-state index contributed by atoms with van der Waals surface area (Å²) < 4.78 is 0. The summed E-state index contributed by atoms with van der Waals surface area (Å²) in [4.78, 5) is 0. The second kappa shape index (κ2) is 38.8. The number of thiol groups is 1. The molecule has 0 saturated carbocycles. The number of halogens is 1. The second-order valence-electron chi connectivity index (χ2n) is 12.8. The van der Waals surface area contributed by atoms with Gasteiger partial charge in [0.15, 0.2) is 0 Å². The highest BCUT2D eigenvalue weighted by Gasteiger charge is 1.97. The molecule has 0 rings (SSSR count). The molecule has 0 heterocycles. The maximum atomic E-state index is 4.29. The Hall–Kier alpha value is 0.830. The van der Waals surface area contributed by atoms with E-state index in [1.165, 1.54) is 230 Å². The van der Waals surface area contributed by atoms with E-state index >= 15 is 0 Å². The largest absolute Gasteiger partial charge is 0.179 e. The van der Waals surface area contributed by atoms with Gasteiger partial charge in [-0.1, -0.05) is 228 Å². The summed E-state index contributed by atoms with van der Waals surface area (Å²) in [7, 11) is 0. The average molecular weight is 632 g/mol. The van der Waals surface area contributed by atoms with Crippen molar-refractivity contribution in [2.75, 3.05) is 11.1 Å². The molecule has 0 nitrogen and oxygen atoms in total. The van der Waals surface area contributed by atoms with Crippen molar-refractivity contribution in [2.24, 2.45) is 0 Å². The minimum atomic E-state index is 1.07. The van der Waals surface area contributed by atoms with Crippen LogP contribution in [0.25, 0.3) is 0 Å². The molecule has 39 heavy (non-hydrogen) atoms. The monoisotopic (exact) mass is 630 g/mol. The van der Waals surface area contributed by atoms with Gasteiger partial charge in [-0.3, -0.25) is 0 Å². The maximum absolute atomic E-state index is 4.29. The lowest BCUT2D eigenvalue weighted by Gasteiger charge is -2.05. The van der Waals surface area contributed by atoms with Crippen LogP contribution in [0.15, 0.2) is 0 Å². The average Bonchev–Trinajstić information content (AvgIpc) is 2.95. The van der Waals surface area contributed by atoms with Crippen molar-refractivity contribution in [2.45, 2.75) is 225 Å². The lowest BCUT2D eigenvalue weighted by molar-refractivity contribution is 0.511. The van der Waals surface area contributed by atoms with Crippen LogP contribution in [0.3, 0.4) is 0 Å². The van der Waals surface area contributed by atoms with E-state index in [1.54, 1.807) is 0 Å². The summed E-state index contributed by atoms with van der Waals surface area (Å²) >= 11 is 7.81. The zero-order valence-electron chi connectivity index (χ0n) is 27.0. The smallest absolute Gasteiger partial charge is 0.00313 e. The molecule has 0 aromatic carbocycles. The summed E-state index contributed by atoms with van der Waals surface area (Å²) in [6.07, 6.45) is 51.4. The van der Waals surface area contributed by atoms with Gasteiger partial charge in [0.25, 0.3) is 0 Å². The van der Waals surface area contributed by atoms with Crippen molar-refractivity contribution >= 4 is 28.6 Å². The molecular formula is C37H75BrS. The predicted octanol–water partition coefficient (Wildman–Crippen LogP) is 15.0. The normalized spacial score (nSPS) is 11.5. The molecule has 0 amide bonds. The minimum Gasteiger partial charge on any atom is -0.179 e. The molecule has 0 spiro atoms. The topological polar surface area (TPSA) is 0 Å². The van der Waals surface area contributed by atoms with Gasteiger partial charge >= 0.3 is 0 Å². The van der Waals surface area contributed by atoms with Crippen molar-refractivity contribution in [1.29, 1.82) is 0 Å². The van der Waals surface area contributed by atoms with Crippen LogP contribution in [0.1, 0.15) is 225 Å². The van der Waals surface area contributed by atoms with Crippen LogP contribution in [0, 0.1) is 0 Å². The highest BCUT2D eigenvalue weighted by molar-refractivity contribution is 9.09. The number of rotatable bonds is 36. The van der Waals surface area contributed by atoms with Gasteiger partial charge in [0, 0.05) is 5.33 Å². The molecule has 0 aromatic heterocycles. The Morgan fingerprint density at radius 2 is 0.333 bits per heavy atom. The molecule has 236 valence electrons. The van der Waals surface area contributed by atoms with E-state index in [4.69, 9.17) is 0 Å². The van der Waals surface area contributed by atoms with Crippen LogP contribution in [0.4, 0.5) is 0 Å². The molecule has 0 aromatic rings. The number of hydrogen-bond donors (Lipinski definition) is 1. The number of hydrogen-bond acceptors (Lipinski definition) is 1. The lowest BCUT2D eigenvalue weighted by Crippen LogP contribution is -1.85. The van der Waals surface area contributed by atoms with Crippen molar-refractivity contribution in [3.8, 4) is 0 Å². The van der Waals surface area contributed by atoms with Gasteiger partial charge in [0.1, 0.15) is 0 Å². The molecule has 0 radical (unpaired) electrons. The molecule has 0 aliphatic heterocycles. The van der Waals surface area contributed by atoms with Crippen LogP contribution in [0.2, 0.25) is 0 Å². The fraction of sp³-hybridized carbons (Fsp3) is 1.00. The lowest BCUT2D eigenvalue weighted by atomic mass is 10.0. The highest BCUT2D eigenvalue weighted by atomic mass is 79.9. The van der Waals surface area contributed by atoms with Gasteiger partial charge < -0.3 is 0 Å². The molecule has 0 aliphatic rings. The van der Waals surface area contributed by atoms with Crippen molar-refractivity contribution in [1.82, 2.24) is 0 Å². The van der Waals surface area contributed by atoms with E-state index in [2.05, 4.69) is 28.6 Å². The first-order valence-electron chi connectivity index (χ1n) is 18.6. The van der Waals surface area contributed by atoms with Gasteiger partial charge in [-0.2, -0.15) is 12.6 Å². The van der Waals surface area contributed by atoms with Gasteiger partial charge in [-0.15, -0.1) is 0 Å². The second-order valence-corrected chi connectivity index (χ2v) is 14.0. The van der Waals surface area contributed by atoms with E-state index in [0.29, 0.717) is 0 Å². The van der Waals surface area contributed by atoms with Gasteiger partial charge in [0.05, 0.1) is 0 Å². The van der Waals surface area contributed by atoms with Gasteiger partial charge in [-0.25, -0.2) is 0 Å². The third-order valence-electron chi connectivity index (χ3n) is 8.79. The van der Waals surface area contributed by atoms with E-state index < -0.39 is 0 Å². The van der Waals surface area contributed by atoms with Crippen molar-refractivity contribution < 1.29 is 0 Å². The molecule has 0 aliphatic carbocycles. The Bertz CT molecular complexity index is 363. The zero-order chi connectivity index (χ0) is 28.2. The van der Waals surface area contributed by atoms with Gasteiger partial charge in [0.2, 0.25) is 0 Å². The first-order valence-corrected chi connectivity index (χ1v) is 20.3. The van der Waals surface area contributed by atoms with Crippen molar-refractivity contribution in [3.05, 3.63) is 0 Å². The standard InChI is InChI=1S/C37H75BrS/c38-36-34-32-30-28-26-24-22-20-18-16-14-12-10-8-6-4-2-1-3-5-7-9-11-13-15-17-19-21-23-25-27-29-31-33-35-37-39/h39H,1-37H2. The Kier molecular flexibility index (Phi) is 39.7. The van der Waals surface area contributed by atoms with Crippen LogP contribution in [-0.2, 0) is 0 Å². The van der Waals surface area contributed by atoms with Crippen LogP contribution < -0.4 is 0 Å². The van der Waals surface area contributed by atoms with Crippen LogP contribution in [-0.4, -0.2) is 11.1 Å². The highest BCUT2D eigenvalue weighted by Crippen LogP contribution is 2.17. The van der Waals surface area contributed by atoms with Crippen LogP contribution >= 0.6 is 28.6 Å². The Labute approximate surface area is 263 Å². The minimum absolute atomic E-state index is 1.07. The number of unbranched alkanes of at least 4 members (excludes halogenated alkanes) is 34. The molecule has 0 fully saturated rings. The van der Waals surface area contributed by atoms with Gasteiger partial charge in [-0.05, 0) is 18.6 Å². The molecule has 0 unspecified atom stereocenters. The van der Waals surface area contributed by atoms with Crippen molar-refractivity contribution in [3.63, 3.8) is 0 Å². The fourth-order valence-electron chi connectivity index (χ4n) is 6.04. The quantitative estimate of drug-likeness (QED) is 0.0397. The third-order valence-corrected chi connectivity index (χ3v) is 9.67. The summed E-state index contributed by atoms with van der Waals surface area (Å²) in [5, 5.41) is 1.19. The third kappa shape index (κ3) is 38.8. The van der Waals surface area contributed by atoms with E-state index in [0.717, 1.165) is 5.75 Å². The fourth-order valence-corrected chi connectivity index (χ4v) is 6.66. The van der Waals surface area contributed by atoms with E-state index in [-0.39, 0.29) is 0 Å². The molecule has 0 atom stereocenters. The first kappa shape index (κ1) is 39.8. The summed E-state index contributed by atoms with van der Waals surface area (Å²) in [5.41, 5.74) is 0. The molecule has 0 bridgehead atoms. The Balaban J connectivity index is 3.01. The molecular weight excluding hydrogens is 556 g/mol. The van der Waals surface area contributed by atoms with Crippen LogP contribution in [0.5, 0.6) is 0 Å². The predicted molar refractivity (Wildman–Crippen MR) is 189 cm³/mol. The molecule has 0 N–H and O–H groups in total. The SMILES string of the molecule is SCCCCCCCCCCCCCCCCCCCCCCCCCCCCCCCCCCCCCBr. The summed E-state index contributed by atoms with van der Waals surface area (Å²) in [6.45, 7) is 0. The zero-order valence-corrected chi connectivity index (χ0v) is 29.5.